The number of fused-ring (bicyclic) bond motifs is 1. The fourth-order valence-corrected chi connectivity index (χ4v) is 2.64. The van der Waals surface area contributed by atoms with Crippen LogP contribution in [0.4, 0.5) is 0 Å². The van der Waals surface area contributed by atoms with Crippen LogP contribution < -0.4 is 5.73 Å². The summed E-state index contributed by atoms with van der Waals surface area (Å²) in [6.45, 7) is 3.69. The molecule has 2 aromatic rings. The Hall–Kier alpha value is -1.99. The van der Waals surface area contributed by atoms with E-state index < -0.39 is 6.04 Å². The molecule has 7 heteroatoms. The first-order valence-corrected chi connectivity index (χ1v) is 6.59. The van der Waals surface area contributed by atoms with E-state index in [1.54, 1.807) is 6.20 Å². The smallest absolute Gasteiger partial charge is 0.237 e. The lowest BCUT2D eigenvalue weighted by Gasteiger charge is -2.37. The third-order valence-electron chi connectivity index (χ3n) is 3.54. The van der Waals surface area contributed by atoms with Crippen LogP contribution in [0.1, 0.15) is 12.6 Å². The highest BCUT2D eigenvalue weighted by Gasteiger charge is 2.34. The predicted octanol–water partition coefficient (Wildman–Crippen LogP) is -0.196. The van der Waals surface area contributed by atoms with Gasteiger partial charge in [-0.15, -0.1) is 0 Å². The average Bonchev–Trinajstić information content (AvgIpc) is 2.80. The largest absolute Gasteiger partial charge is 0.375 e. The van der Waals surface area contributed by atoms with Crippen molar-refractivity contribution in [3.05, 3.63) is 30.4 Å². The highest BCUT2D eigenvalue weighted by Crippen LogP contribution is 2.17. The molecule has 2 aromatic heterocycles. The zero-order valence-electron chi connectivity index (χ0n) is 11.3. The summed E-state index contributed by atoms with van der Waals surface area (Å²) in [5.74, 6) is 0.290. The first kappa shape index (κ1) is 13.0. The Bertz CT molecular complexity index is 593. The number of aromatic nitrogens is 3. The highest BCUT2D eigenvalue weighted by molar-refractivity contribution is 5.80. The van der Waals surface area contributed by atoms with Gasteiger partial charge in [-0.1, -0.05) is 0 Å². The number of nitrogens with zero attached hydrogens (tertiary/aromatic N) is 4. The number of imidazole rings is 1. The molecule has 1 aliphatic rings. The van der Waals surface area contributed by atoms with Gasteiger partial charge in [0.15, 0.2) is 0 Å². The minimum Gasteiger partial charge on any atom is -0.375 e. The standard InChI is InChI=1S/C13H17N5O2/c1-9-11(12(14)19)17(5-6-20-9)7-10-8-18-4-2-3-15-13(18)16-10/h2-4,8-9,11H,5-7H2,1H3,(H2,14,19)/t9-,11+/m1/s1. The van der Waals surface area contributed by atoms with Crippen LogP contribution in [-0.4, -0.2) is 50.5 Å². The average molecular weight is 275 g/mol. The summed E-state index contributed by atoms with van der Waals surface area (Å²) >= 11 is 0. The van der Waals surface area contributed by atoms with Gasteiger partial charge in [-0.25, -0.2) is 9.97 Å². The molecule has 0 aliphatic carbocycles. The van der Waals surface area contributed by atoms with E-state index in [1.807, 2.05) is 34.7 Å². The van der Waals surface area contributed by atoms with Gasteiger partial charge in [-0.05, 0) is 13.0 Å². The van der Waals surface area contributed by atoms with Crippen molar-refractivity contribution in [3.63, 3.8) is 0 Å². The van der Waals surface area contributed by atoms with E-state index in [4.69, 9.17) is 10.5 Å². The van der Waals surface area contributed by atoms with Crippen LogP contribution in [0.2, 0.25) is 0 Å². The zero-order chi connectivity index (χ0) is 14.1. The summed E-state index contributed by atoms with van der Waals surface area (Å²) in [5.41, 5.74) is 6.34. The minimum atomic E-state index is -0.415. The number of primary amides is 1. The molecule has 1 fully saturated rings. The third-order valence-corrected chi connectivity index (χ3v) is 3.54. The fraction of sp³-hybridized carbons (Fsp3) is 0.462. The van der Waals surface area contributed by atoms with Gasteiger partial charge in [0.2, 0.25) is 11.7 Å². The number of ether oxygens (including phenoxy) is 1. The van der Waals surface area contributed by atoms with E-state index in [-0.39, 0.29) is 12.0 Å². The highest BCUT2D eigenvalue weighted by atomic mass is 16.5. The number of amides is 1. The molecule has 7 nitrogen and oxygen atoms in total. The Kier molecular flexibility index (Phi) is 3.37. The molecule has 0 aromatic carbocycles. The van der Waals surface area contributed by atoms with Crippen molar-refractivity contribution < 1.29 is 9.53 Å². The Morgan fingerprint density at radius 1 is 1.60 bits per heavy atom. The van der Waals surface area contributed by atoms with Crippen LogP contribution in [0.3, 0.4) is 0 Å². The van der Waals surface area contributed by atoms with Gasteiger partial charge in [-0.3, -0.25) is 14.1 Å². The van der Waals surface area contributed by atoms with Crippen LogP contribution in [-0.2, 0) is 16.1 Å². The molecular formula is C13H17N5O2. The Balaban J connectivity index is 1.83. The zero-order valence-corrected chi connectivity index (χ0v) is 11.3. The van der Waals surface area contributed by atoms with Crippen molar-refractivity contribution in [2.45, 2.75) is 25.6 Å². The van der Waals surface area contributed by atoms with Crippen molar-refractivity contribution in [2.24, 2.45) is 5.73 Å². The van der Waals surface area contributed by atoms with Gasteiger partial charge in [0.05, 0.1) is 18.4 Å². The van der Waals surface area contributed by atoms with Crippen molar-refractivity contribution in [1.82, 2.24) is 19.3 Å². The number of carbonyl (C=O) groups is 1. The maximum absolute atomic E-state index is 11.6. The number of morpholine rings is 1. The summed E-state index contributed by atoms with van der Waals surface area (Å²) < 4.78 is 7.36. The molecule has 1 saturated heterocycles. The van der Waals surface area contributed by atoms with Crippen molar-refractivity contribution in [2.75, 3.05) is 13.2 Å². The molecule has 2 N–H and O–H groups in total. The van der Waals surface area contributed by atoms with Crippen molar-refractivity contribution >= 4 is 11.7 Å². The Labute approximate surface area is 116 Å². The summed E-state index contributed by atoms with van der Waals surface area (Å²) in [5, 5.41) is 0. The molecule has 20 heavy (non-hydrogen) atoms. The molecule has 2 atom stereocenters. The summed E-state index contributed by atoms with van der Waals surface area (Å²) in [4.78, 5) is 22.2. The molecule has 0 bridgehead atoms. The molecule has 1 amide bonds. The molecule has 0 saturated carbocycles. The van der Waals surface area contributed by atoms with E-state index in [0.29, 0.717) is 25.5 Å². The fourth-order valence-electron chi connectivity index (χ4n) is 2.64. The second kappa shape index (κ2) is 5.18. The SMILES string of the molecule is C[C@H]1OCCN(Cc2cn3cccnc3n2)[C@@H]1C(N)=O. The van der Waals surface area contributed by atoms with Gasteiger partial charge >= 0.3 is 0 Å². The monoisotopic (exact) mass is 275 g/mol. The van der Waals surface area contributed by atoms with E-state index in [9.17, 15) is 4.79 Å². The van der Waals surface area contributed by atoms with Crippen molar-refractivity contribution in [3.8, 4) is 0 Å². The third kappa shape index (κ3) is 2.37. The maximum Gasteiger partial charge on any atom is 0.237 e. The molecule has 1 aliphatic heterocycles. The van der Waals surface area contributed by atoms with Crippen LogP contribution in [0.15, 0.2) is 24.7 Å². The topological polar surface area (TPSA) is 85.8 Å². The summed E-state index contributed by atoms with van der Waals surface area (Å²) in [7, 11) is 0. The van der Waals surface area contributed by atoms with Gasteiger partial charge in [0.25, 0.3) is 0 Å². The second-order valence-corrected chi connectivity index (χ2v) is 4.95. The predicted molar refractivity (Wildman–Crippen MR) is 71.8 cm³/mol. The molecular weight excluding hydrogens is 258 g/mol. The van der Waals surface area contributed by atoms with E-state index >= 15 is 0 Å². The number of carbonyl (C=O) groups excluding carboxylic acids is 1. The van der Waals surface area contributed by atoms with Gasteiger partial charge < -0.3 is 10.5 Å². The van der Waals surface area contributed by atoms with E-state index in [1.165, 1.54) is 0 Å². The van der Waals surface area contributed by atoms with Crippen LogP contribution in [0, 0.1) is 0 Å². The number of hydrogen-bond acceptors (Lipinski definition) is 5. The molecule has 106 valence electrons. The summed E-state index contributed by atoms with van der Waals surface area (Å²) in [6.07, 6.45) is 5.32. The van der Waals surface area contributed by atoms with Gasteiger partial charge in [-0.2, -0.15) is 0 Å². The second-order valence-electron chi connectivity index (χ2n) is 4.95. The Morgan fingerprint density at radius 2 is 2.45 bits per heavy atom. The normalized spacial score (nSPS) is 24.1. The molecule has 0 radical (unpaired) electrons. The van der Waals surface area contributed by atoms with Gasteiger partial charge in [0, 0.05) is 31.7 Å². The minimum absolute atomic E-state index is 0.198. The van der Waals surface area contributed by atoms with Gasteiger partial charge in [0.1, 0.15) is 6.04 Å². The first-order valence-electron chi connectivity index (χ1n) is 6.59. The van der Waals surface area contributed by atoms with E-state index in [2.05, 4.69) is 9.97 Å². The number of hydrogen-bond donors (Lipinski definition) is 1. The molecule has 0 spiro atoms. The molecule has 0 unspecified atom stereocenters. The number of rotatable bonds is 3. The lowest BCUT2D eigenvalue weighted by molar-refractivity contribution is -0.136. The molecule has 3 rings (SSSR count). The lowest BCUT2D eigenvalue weighted by Crippen LogP contribution is -2.56. The quantitative estimate of drug-likeness (QED) is 0.838. The van der Waals surface area contributed by atoms with E-state index in [0.717, 1.165) is 5.69 Å². The lowest BCUT2D eigenvalue weighted by atomic mass is 10.1. The van der Waals surface area contributed by atoms with Crippen LogP contribution in [0.25, 0.3) is 5.78 Å². The first-order chi connectivity index (χ1) is 9.65. The van der Waals surface area contributed by atoms with Crippen LogP contribution in [0.5, 0.6) is 0 Å². The Morgan fingerprint density at radius 3 is 3.20 bits per heavy atom. The maximum atomic E-state index is 11.6. The summed E-state index contributed by atoms with van der Waals surface area (Å²) in [6, 6.07) is 1.43. The van der Waals surface area contributed by atoms with Crippen LogP contribution >= 0.6 is 0 Å². The van der Waals surface area contributed by atoms with Crippen molar-refractivity contribution in [1.29, 1.82) is 0 Å². The number of nitrogens with two attached hydrogens (primary N) is 1. The molecule has 3 heterocycles.